The van der Waals surface area contributed by atoms with Gasteiger partial charge in [0, 0.05) is 13.1 Å². The first-order chi connectivity index (χ1) is 10.1. The van der Waals surface area contributed by atoms with Gasteiger partial charge in [-0.1, -0.05) is 36.8 Å². The van der Waals surface area contributed by atoms with E-state index in [4.69, 9.17) is 10.5 Å². The molecule has 1 saturated carbocycles. The number of methoxy groups -OCH3 is 1. The van der Waals surface area contributed by atoms with Crippen LogP contribution in [0.2, 0.25) is 0 Å². The van der Waals surface area contributed by atoms with Crippen LogP contribution in [-0.2, 0) is 20.9 Å². The van der Waals surface area contributed by atoms with Gasteiger partial charge in [-0.25, -0.2) is 0 Å². The van der Waals surface area contributed by atoms with Crippen molar-refractivity contribution in [1.82, 2.24) is 4.90 Å². The number of nitrogens with zero attached hydrogens (tertiary/aromatic N) is 1. The van der Waals surface area contributed by atoms with Crippen molar-refractivity contribution >= 4 is 11.9 Å². The van der Waals surface area contributed by atoms with Crippen molar-refractivity contribution in [2.75, 3.05) is 20.2 Å². The summed E-state index contributed by atoms with van der Waals surface area (Å²) in [6, 6.07) is 9.63. The Morgan fingerprint density at radius 3 is 2.43 bits per heavy atom. The van der Waals surface area contributed by atoms with E-state index in [0.717, 1.165) is 24.8 Å². The molecule has 1 aliphatic rings. The normalized spacial score (nSPS) is 15.9. The molecule has 1 aromatic rings. The zero-order valence-corrected chi connectivity index (χ0v) is 12.4. The molecule has 1 aliphatic carbocycles. The minimum atomic E-state index is -0.483. The number of carbonyl (C=O) groups excluding carboxylic acids is 2. The molecule has 0 aliphatic heterocycles. The van der Waals surface area contributed by atoms with Gasteiger partial charge in [0.05, 0.1) is 12.5 Å². The highest BCUT2D eigenvalue weighted by Crippen LogP contribution is 2.41. The van der Waals surface area contributed by atoms with Gasteiger partial charge >= 0.3 is 5.97 Å². The Labute approximate surface area is 125 Å². The van der Waals surface area contributed by atoms with Crippen LogP contribution in [0.5, 0.6) is 0 Å². The van der Waals surface area contributed by atoms with Crippen LogP contribution < -0.4 is 5.73 Å². The van der Waals surface area contributed by atoms with Crippen molar-refractivity contribution in [2.45, 2.75) is 25.8 Å². The Kier molecular flexibility index (Phi) is 4.96. The molecule has 0 atom stereocenters. The summed E-state index contributed by atoms with van der Waals surface area (Å²) < 4.78 is 4.70. The number of esters is 1. The number of amides is 1. The molecule has 0 aromatic heterocycles. The summed E-state index contributed by atoms with van der Waals surface area (Å²) in [5.74, 6) is -0.448. The van der Waals surface area contributed by atoms with E-state index in [1.165, 1.54) is 7.11 Å². The summed E-state index contributed by atoms with van der Waals surface area (Å²) in [6.07, 6.45) is 2.62. The Hall–Kier alpha value is -1.88. The van der Waals surface area contributed by atoms with Crippen LogP contribution in [0.15, 0.2) is 30.3 Å². The third-order valence-electron chi connectivity index (χ3n) is 4.21. The van der Waals surface area contributed by atoms with E-state index in [1.54, 1.807) is 4.90 Å². The van der Waals surface area contributed by atoms with Gasteiger partial charge in [0.1, 0.15) is 6.54 Å². The molecule has 1 aromatic carbocycles. The lowest BCUT2D eigenvalue weighted by atomic mass is 9.67. The molecule has 2 N–H and O–H groups in total. The predicted molar refractivity (Wildman–Crippen MR) is 79.2 cm³/mol. The zero-order valence-electron chi connectivity index (χ0n) is 12.4. The van der Waals surface area contributed by atoms with Crippen LogP contribution in [-0.4, -0.2) is 37.0 Å². The first-order valence-corrected chi connectivity index (χ1v) is 7.21. The first-order valence-electron chi connectivity index (χ1n) is 7.21. The number of nitrogens with two attached hydrogens (primary N) is 1. The second kappa shape index (κ2) is 6.72. The topological polar surface area (TPSA) is 72.6 Å². The maximum atomic E-state index is 12.8. The number of carbonyl (C=O) groups is 2. The van der Waals surface area contributed by atoms with Gasteiger partial charge in [0.2, 0.25) is 5.91 Å². The second-order valence-corrected chi connectivity index (χ2v) is 5.56. The van der Waals surface area contributed by atoms with Crippen LogP contribution in [0.25, 0.3) is 0 Å². The zero-order chi connectivity index (χ0) is 15.3. The maximum Gasteiger partial charge on any atom is 0.325 e. The van der Waals surface area contributed by atoms with Crippen LogP contribution in [0.4, 0.5) is 0 Å². The lowest BCUT2D eigenvalue weighted by molar-refractivity contribution is -0.155. The van der Waals surface area contributed by atoms with Gasteiger partial charge in [0.15, 0.2) is 0 Å². The highest BCUT2D eigenvalue weighted by atomic mass is 16.5. The summed E-state index contributed by atoms with van der Waals surface area (Å²) in [5, 5.41) is 0. The van der Waals surface area contributed by atoms with E-state index in [9.17, 15) is 9.59 Å². The number of rotatable bonds is 6. The van der Waals surface area contributed by atoms with E-state index in [0.29, 0.717) is 13.1 Å². The highest BCUT2D eigenvalue weighted by Gasteiger charge is 2.45. The minimum absolute atomic E-state index is 0.0357. The van der Waals surface area contributed by atoms with E-state index in [2.05, 4.69) is 0 Å². The molecule has 0 spiro atoms. The summed E-state index contributed by atoms with van der Waals surface area (Å²) >= 11 is 0. The molecule has 0 unspecified atom stereocenters. The molecule has 114 valence electrons. The minimum Gasteiger partial charge on any atom is -0.468 e. The molecule has 2 rings (SSSR count). The molecule has 5 nitrogen and oxygen atoms in total. The fraction of sp³-hybridized carbons (Fsp3) is 0.500. The SMILES string of the molecule is COC(=O)CN(Cc1ccccc1)C(=O)C1(CN)CCC1. The average molecular weight is 290 g/mol. The van der Waals surface area contributed by atoms with Crippen molar-refractivity contribution in [2.24, 2.45) is 11.1 Å². The molecule has 1 amide bonds. The van der Waals surface area contributed by atoms with Gasteiger partial charge in [-0.15, -0.1) is 0 Å². The summed E-state index contributed by atoms with van der Waals surface area (Å²) in [5.41, 5.74) is 6.30. The van der Waals surface area contributed by atoms with E-state index >= 15 is 0 Å². The molecular weight excluding hydrogens is 268 g/mol. The Morgan fingerprint density at radius 1 is 1.29 bits per heavy atom. The largest absolute Gasteiger partial charge is 0.468 e. The van der Waals surface area contributed by atoms with E-state index in [-0.39, 0.29) is 12.5 Å². The summed E-state index contributed by atoms with van der Waals surface area (Å²) in [6.45, 7) is 0.695. The van der Waals surface area contributed by atoms with E-state index < -0.39 is 11.4 Å². The lowest BCUT2D eigenvalue weighted by Crippen LogP contribution is -2.52. The third kappa shape index (κ3) is 3.42. The molecule has 21 heavy (non-hydrogen) atoms. The number of hydrogen-bond acceptors (Lipinski definition) is 4. The van der Waals surface area contributed by atoms with Crippen LogP contribution >= 0.6 is 0 Å². The molecule has 0 saturated heterocycles. The Bertz CT molecular complexity index is 492. The Balaban J connectivity index is 2.15. The molecule has 0 heterocycles. The molecule has 5 heteroatoms. The summed E-state index contributed by atoms with van der Waals surface area (Å²) in [4.78, 5) is 25.9. The molecular formula is C16H22N2O3. The van der Waals surface area contributed by atoms with Gasteiger partial charge in [0.25, 0.3) is 0 Å². The standard InChI is InChI=1S/C16H22N2O3/c1-21-14(19)11-18(10-13-6-3-2-4-7-13)15(20)16(12-17)8-5-9-16/h2-4,6-7H,5,8-12,17H2,1H3. The number of benzene rings is 1. The van der Waals surface area contributed by atoms with Crippen molar-refractivity contribution in [3.8, 4) is 0 Å². The monoisotopic (exact) mass is 290 g/mol. The van der Waals surface area contributed by atoms with Gasteiger partial charge < -0.3 is 15.4 Å². The smallest absolute Gasteiger partial charge is 0.325 e. The molecule has 1 fully saturated rings. The van der Waals surface area contributed by atoms with E-state index in [1.807, 2.05) is 30.3 Å². The van der Waals surface area contributed by atoms with Crippen molar-refractivity contribution < 1.29 is 14.3 Å². The van der Waals surface area contributed by atoms with Crippen molar-refractivity contribution in [3.05, 3.63) is 35.9 Å². The second-order valence-electron chi connectivity index (χ2n) is 5.56. The van der Waals surface area contributed by atoms with Crippen LogP contribution in [0, 0.1) is 5.41 Å². The molecule has 0 radical (unpaired) electrons. The lowest BCUT2D eigenvalue weighted by Gasteiger charge is -2.42. The van der Waals surface area contributed by atoms with Gasteiger partial charge in [-0.05, 0) is 18.4 Å². The van der Waals surface area contributed by atoms with Gasteiger partial charge in [-0.3, -0.25) is 9.59 Å². The van der Waals surface area contributed by atoms with Crippen molar-refractivity contribution in [1.29, 1.82) is 0 Å². The fourth-order valence-corrected chi connectivity index (χ4v) is 2.67. The third-order valence-corrected chi connectivity index (χ3v) is 4.21. The predicted octanol–water partition coefficient (Wildman–Crippen LogP) is 1.32. The fourth-order valence-electron chi connectivity index (χ4n) is 2.67. The Morgan fingerprint density at radius 2 is 1.95 bits per heavy atom. The maximum absolute atomic E-state index is 12.8. The highest BCUT2D eigenvalue weighted by molar-refractivity contribution is 5.87. The van der Waals surface area contributed by atoms with Crippen LogP contribution in [0.3, 0.4) is 0 Å². The first kappa shape index (κ1) is 15.5. The molecule has 0 bridgehead atoms. The van der Waals surface area contributed by atoms with Crippen molar-refractivity contribution in [3.63, 3.8) is 0 Å². The average Bonchev–Trinajstić information content (AvgIpc) is 2.46. The van der Waals surface area contributed by atoms with Crippen LogP contribution in [0.1, 0.15) is 24.8 Å². The number of ether oxygens (including phenoxy) is 1. The quantitative estimate of drug-likeness (QED) is 0.802. The summed E-state index contributed by atoms with van der Waals surface area (Å²) in [7, 11) is 1.33. The number of hydrogen-bond donors (Lipinski definition) is 1. The van der Waals surface area contributed by atoms with Gasteiger partial charge in [-0.2, -0.15) is 0 Å².